The van der Waals surface area contributed by atoms with E-state index in [0.717, 1.165) is 33.0 Å². The van der Waals surface area contributed by atoms with Crippen LogP contribution in [0.25, 0.3) is 21.7 Å². The number of thiophene rings is 1. The zero-order chi connectivity index (χ0) is 21.6. The number of aliphatic hydroxyl groups is 1. The number of ether oxygens (including phenoxy) is 1. The van der Waals surface area contributed by atoms with Gasteiger partial charge in [0.2, 0.25) is 0 Å². The molecular weight excluding hydrogens is 424 g/mol. The fourth-order valence-electron chi connectivity index (χ4n) is 3.28. The Balaban J connectivity index is 1.85. The summed E-state index contributed by atoms with van der Waals surface area (Å²) in [5.41, 5.74) is 4.04. The maximum Gasteiger partial charge on any atom is 0.118 e. The summed E-state index contributed by atoms with van der Waals surface area (Å²) in [6, 6.07) is 25.8. The topological polar surface area (TPSA) is 66.1 Å². The summed E-state index contributed by atoms with van der Waals surface area (Å²) >= 11 is 3.02. The Labute approximate surface area is 189 Å². The Kier molecular flexibility index (Phi) is 6.68. The van der Waals surface area contributed by atoms with Gasteiger partial charge in [-0.1, -0.05) is 60.3 Å². The molecule has 0 aliphatic carbocycles. The molecule has 4 rings (SSSR count). The van der Waals surface area contributed by atoms with Crippen LogP contribution >= 0.6 is 23.1 Å². The van der Waals surface area contributed by atoms with Crippen molar-refractivity contribution in [3.8, 4) is 33.5 Å². The molecular formula is C25H20N2O2S2. The van der Waals surface area contributed by atoms with Crippen LogP contribution in [-0.4, -0.2) is 23.8 Å². The Morgan fingerprint density at radius 1 is 1.10 bits per heavy atom. The largest absolute Gasteiger partial charge is 0.497 e. The molecule has 1 atom stereocenters. The van der Waals surface area contributed by atoms with Crippen molar-refractivity contribution in [1.29, 1.82) is 5.26 Å². The van der Waals surface area contributed by atoms with Crippen molar-refractivity contribution in [1.82, 2.24) is 4.98 Å². The van der Waals surface area contributed by atoms with Crippen LogP contribution < -0.4 is 4.74 Å². The summed E-state index contributed by atoms with van der Waals surface area (Å²) in [6.07, 6.45) is 0. The van der Waals surface area contributed by atoms with Crippen molar-refractivity contribution in [2.45, 2.75) is 10.3 Å². The molecule has 0 amide bonds. The lowest BCUT2D eigenvalue weighted by Crippen LogP contribution is -2.02. The molecule has 4 nitrogen and oxygen atoms in total. The van der Waals surface area contributed by atoms with E-state index in [4.69, 9.17) is 9.72 Å². The second kappa shape index (κ2) is 9.80. The van der Waals surface area contributed by atoms with Crippen molar-refractivity contribution in [3.63, 3.8) is 0 Å². The molecule has 0 spiro atoms. The molecule has 0 aliphatic heterocycles. The molecule has 154 valence electrons. The molecule has 0 bridgehead atoms. The van der Waals surface area contributed by atoms with Gasteiger partial charge in [0.1, 0.15) is 16.8 Å². The molecule has 0 radical (unpaired) electrons. The molecule has 0 fully saturated rings. The van der Waals surface area contributed by atoms with Crippen molar-refractivity contribution >= 4 is 23.1 Å². The van der Waals surface area contributed by atoms with E-state index in [0.29, 0.717) is 10.6 Å². The molecule has 0 saturated heterocycles. The number of benzene rings is 2. The third-order valence-electron chi connectivity index (χ3n) is 4.86. The minimum atomic E-state index is -0.219. The number of nitriles is 1. The Bertz CT molecular complexity index is 1180. The second-order valence-corrected chi connectivity index (χ2v) is 8.89. The molecule has 1 unspecified atom stereocenters. The van der Waals surface area contributed by atoms with Crippen LogP contribution in [0.2, 0.25) is 0 Å². The molecule has 4 aromatic rings. The third kappa shape index (κ3) is 4.64. The van der Waals surface area contributed by atoms with Gasteiger partial charge in [-0.3, -0.25) is 0 Å². The van der Waals surface area contributed by atoms with Gasteiger partial charge in [-0.2, -0.15) is 5.26 Å². The lowest BCUT2D eigenvalue weighted by Gasteiger charge is -2.17. The van der Waals surface area contributed by atoms with Crippen molar-refractivity contribution in [2.24, 2.45) is 0 Å². The molecule has 0 saturated carbocycles. The highest BCUT2D eigenvalue weighted by atomic mass is 32.2. The van der Waals surface area contributed by atoms with Gasteiger partial charge in [-0.25, -0.2) is 4.98 Å². The summed E-state index contributed by atoms with van der Waals surface area (Å²) in [6.45, 7) is -0.0532. The summed E-state index contributed by atoms with van der Waals surface area (Å²) in [4.78, 5) is 5.86. The minimum Gasteiger partial charge on any atom is -0.497 e. The smallest absolute Gasteiger partial charge is 0.118 e. The monoisotopic (exact) mass is 444 g/mol. The van der Waals surface area contributed by atoms with Crippen LogP contribution in [0.3, 0.4) is 0 Å². The molecule has 6 heteroatoms. The number of thioether (sulfide) groups is 1. The first-order valence-electron chi connectivity index (χ1n) is 9.69. The van der Waals surface area contributed by atoms with Crippen molar-refractivity contribution < 1.29 is 9.84 Å². The molecule has 2 heterocycles. The first-order chi connectivity index (χ1) is 15.2. The van der Waals surface area contributed by atoms with E-state index in [9.17, 15) is 10.4 Å². The number of hydrogen-bond acceptors (Lipinski definition) is 6. The highest BCUT2D eigenvalue weighted by Gasteiger charge is 2.20. The fraction of sp³-hybridized carbons (Fsp3) is 0.120. The van der Waals surface area contributed by atoms with Crippen LogP contribution in [0.5, 0.6) is 5.75 Å². The molecule has 2 aromatic carbocycles. The van der Waals surface area contributed by atoms with Gasteiger partial charge in [-0.05, 0) is 40.8 Å². The fourth-order valence-corrected chi connectivity index (χ4v) is 5.02. The molecule has 1 N–H and O–H groups in total. The maximum absolute atomic E-state index is 10.1. The van der Waals surface area contributed by atoms with Gasteiger partial charge in [0.15, 0.2) is 0 Å². The van der Waals surface area contributed by atoms with Crippen LogP contribution in [0.15, 0.2) is 83.2 Å². The predicted molar refractivity (Wildman–Crippen MR) is 126 cm³/mol. The quantitative estimate of drug-likeness (QED) is 0.345. The number of nitrogens with zero attached hydrogens (tertiary/aromatic N) is 2. The summed E-state index contributed by atoms with van der Waals surface area (Å²) in [5, 5.41) is 22.5. The Morgan fingerprint density at radius 2 is 1.87 bits per heavy atom. The summed E-state index contributed by atoms with van der Waals surface area (Å²) in [5.74, 6) is 0.758. The van der Waals surface area contributed by atoms with Gasteiger partial charge in [0, 0.05) is 5.56 Å². The van der Waals surface area contributed by atoms with Crippen LogP contribution in [-0.2, 0) is 0 Å². The zero-order valence-corrected chi connectivity index (χ0v) is 18.5. The van der Waals surface area contributed by atoms with E-state index in [1.807, 2.05) is 78.2 Å². The first kappa shape index (κ1) is 21.1. The summed E-state index contributed by atoms with van der Waals surface area (Å²) < 4.78 is 5.28. The van der Waals surface area contributed by atoms with E-state index < -0.39 is 0 Å². The van der Waals surface area contributed by atoms with Gasteiger partial charge >= 0.3 is 0 Å². The normalized spacial score (nSPS) is 11.6. The lowest BCUT2D eigenvalue weighted by molar-refractivity contribution is 0.296. The molecule has 2 aromatic heterocycles. The van der Waals surface area contributed by atoms with E-state index in [1.165, 1.54) is 11.8 Å². The highest BCUT2D eigenvalue weighted by molar-refractivity contribution is 7.99. The summed E-state index contributed by atoms with van der Waals surface area (Å²) in [7, 11) is 1.63. The number of methoxy groups -OCH3 is 1. The number of rotatable bonds is 7. The van der Waals surface area contributed by atoms with Crippen molar-refractivity contribution in [2.75, 3.05) is 13.7 Å². The minimum absolute atomic E-state index is 0.0532. The van der Waals surface area contributed by atoms with E-state index >= 15 is 0 Å². The second-order valence-electron chi connectivity index (χ2n) is 6.75. The zero-order valence-electron chi connectivity index (χ0n) is 16.9. The van der Waals surface area contributed by atoms with Gasteiger partial charge in [0.05, 0.1) is 35.1 Å². The third-order valence-corrected chi connectivity index (χ3v) is 6.98. The highest BCUT2D eigenvalue weighted by Crippen LogP contribution is 2.41. The van der Waals surface area contributed by atoms with Crippen molar-refractivity contribution in [3.05, 3.63) is 89.3 Å². The number of pyridine rings is 1. The van der Waals surface area contributed by atoms with Crippen LogP contribution in [0, 0.1) is 11.3 Å². The van der Waals surface area contributed by atoms with Gasteiger partial charge < -0.3 is 9.84 Å². The number of aliphatic hydroxyl groups excluding tert-OH is 1. The number of aromatic nitrogens is 1. The maximum atomic E-state index is 10.1. The predicted octanol–water partition coefficient (Wildman–Crippen LogP) is 6.18. The average molecular weight is 445 g/mol. The molecule has 0 aliphatic rings. The Hall–Kier alpha value is -3.11. The Morgan fingerprint density at radius 3 is 2.48 bits per heavy atom. The van der Waals surface area contributed by atoms with E-state index in [-0.39, 0.29) is 11.9 Å². The van der Waals surface area contributed by atoms with Gasteiger partial charge in [0.25, 0.3) is 0 Å². The van der Waals surface area contributed by atoms with E-state index in [1.54, 1.807) is 18.4 Å². The van der Waals surface area contributed by atoms with E-state index in [2.05, 4.69) is 6.07 Å². The van der Waals surface area contributed by atoms with Gasteiger partial charge in [-0.15, -0.1) is 11.3 Å². The van der Waals surface area contributed by atoms with Crippen LogP contribution in [0.1, 0.15) is 16.4 Å². The SMILES string of the molecule is COc1ccc(-c2cc(-c3cccs3)nc(SC(CO)c3ccccc3)c2C#N)cc1. The first-order valence-corrected chi connectivity index (χ1v) is 11.5. The standard InChI is InChI=1S/C25H20N2O2S2/c1-29-19-11-9-17(10-12-19)20-14-22(23-8-5-13-30-23)27-25(21(20)15-26)31-24(16-28)18-6-3-2-4-7-18/h2-14,24,28H,16H2,1H3. The number of hydrogen-bond donors (Lipinski definition) is 1. The molecule has 31 heavy (non-hydrogen) atoms. The average Bonchev–Trinajstić information content (AvgIpc) is 3.37. The van der Waals surface area contributed by atoms with Crippen LogP contribution in [0.4, 0.5) is 0 Å². The lowest BCUT2D eigenvalue weighted by atomic mass is 10.0.